The average molecular weight is 272 g/mol. The maximum absolute atomic E-state index is 3.74. The molecule has 1 aliphatic rings. The Morgan fingerprint density at radius 1 is 1.30 bits per heavy atom. The zero-order valence-corrected chi connectivity index (χ0v) is 13.2. The molecule has 1 aliphatic heterocycles. The number of nitrogens with zero attached hydrogens (tertiary/aromatic N) is 1. The Morgan fingerprint density at radius 2 is 2.05 bits per heavy atom. The predicted octanol–water partition coefficient (Wildman–Crippen LogP) is 3.94. The van der Waals surface area contributed by atoms with Gasteiger partial charge in [-0.2, -0.15) is 0 Å². The second kappa shape index (κ2) is 7.05. The third-order valence-corrected chi connectivity index (χ3v) is 4.21. The van der Waals surface area contributed by atoms with Crippen LogP contribution in [-0.4, -0.2) is 23.7 Å². The van der Waals surface area contributed by atoms with Gasteiger partial charge in [0.05, 0.1) is 0 Å². The number of benzene rings is 1. The van der Waals surface area contributed by atoms with Crippen molar-refractivity contribution in [3.8, 4) is 0 Å². The van der Waals surface area contributed by atoms with Crippen LogP contribution in [0.15, 0.2) is 42.0 Å². The van der Waals surface area contributed by atoms with Gasteiger partial charge in [0, 0.05) is 25.3 Å². The molecular weight excluding hydrogens is 244 g/mol. The first-order chi connectivity index (χ1) is 9.57. The van der Waals surface area contributed by atoms with Crippen molar-refractivity contribution in [1.82, 2.24) is 10.2 Å². The molecule has 1 heterocycles. The van der Waals surface area contributed by atoms with Crippen LogP contribution in [-0.2, 0) is 6.54 Å². The Bertz CT molecular complexity index is 424. The number of allylic oxidation sites excluding steroid dienone is 2. The molecule has 1 unspecified atom stereocenters. The highest BCUT2D eigenvalue weighted by atomic mass is 15.3. The third-order valence-electron chi connectivity index (χ3n) is 4.21. The number of hydrogen-bond acceptors (Lipinski definition) is 2. The molecule has 0 aromatic heterocycles. The van der Waals surface area contributed by atoms with Gasteiger partial charge in [0.2, 0.25) is 0 Å². The Morgan fingerprint density at radius 3 is 2.65 bits per heavy atom. The SMILES string of the molecule is CC(C)=CCCC1(C)CCN(Cc2ccccc2)CN1. The van der Waals surface area contributed by atoms with Crippen molar-refractivity contribution in [2.45, 2.75) is 52.1 Å². The summed E-state index contributed by atoms with van der Waals surface area (Å²) in [5.41, 5.74) is 3.14. The van der Waals surface area contributed by atoms with Crippen LogP contribution >= 0.6 is 0 Å². The highest BCUT2D eigenvalue weighted by Gasteiger charge is 2.28. The van der Waals surface area contributed by atoms with Gasteiger partial charge in [0.1, 0.15) is 0 Å². The van der Waals surface area contributed by atoms with Crippen LogP contribution in [0, 0.1) is 0 Å². The monoisotopic (exact) mass is 272 g/mol. The summed E-state index contributed by atoms with van der Waals surface area (Å²) < 4.78 is 0. The van der Waals surface area contributed by atoms with Gasteiger partial charge in [-0.15, -0.1) is 0 Å². The van der Waals surface area contributed by atoms with Gasteiger partial charge in [-0.25, -0.2) is 0 Å². The van der Waals surface area contributed by atoms with Gasteiger partial charge >= 0.3 is 0 Å². The van der Waals surface area contributed by atoms with Gasteiger partial charge in [-0.3, -0.25) is 10.2 Å². The van der Waals surface area contributed by atoms with E-state index in [4.69, 9.17) is 0 Å². The van der Waals surface area contributed by atoms with Crippen molar-refractivity contribution in [2.75, 3.05) is 13.2 Å². The summed E-state index contributed by atoms with van der Waals surface area (Å²) in [5.74, 6) is 0. The van der Waals surface area contributed by atoms with Crippen LogP contribution in [0.4, 0.5) is 0 Å². The minimum absolute atomic E-state index is 0.305. The van der Waals surface area contributed by atoms with Gasteiger partial charge in [0.25, 0.3) is 0 Å². The Kier molecular flexibility index (Phi) is 5.38. The van der Waals surface area contributed by atoms with Crippen LogP contribution in [0.5, 0.6) is 0 Å². The first-order valence-electron chi connectivity index (χ1n) is 7.72. The second-order valence-corrected chi connectivity index (χ2v) is 6.50. The molecule has 1 atom stereocenters. The first-order valence-corrected chi connectivity index (χ1v) is 7.72. The molecule has 2 heteroatoms. The van der Waals surface area contributed by atoms with Crippen LogP contribution < -0.4 is 5.32 Å². The number of hydrogen-bond donors (Lipinski definition) is 1. The Labute approximate surface area is 123 Å². The molecule has 2 rings (SSSR count). The second-order valence-electron chi connectivity index (χ2n) is 6.50. The lowest BCUT2D eigenvalue weighted by Gasteiger charge is -2.40. The van der Waals surface area contributed by atoms with Crippen molar-refractivity contribution in [3.05, 3.63) is 47.5 Å². The quantitative estimate of drug-likeness (QED) is 0.817. The largest absolute Gasteiger partial charge is 0.299 e. The molecule has 0 bridgehead atoms. The van der Waals surface area contributed by atoms with E-state index in [9.17, 15) is 0 Å². The smallest absolute Gasteiger partial charge is 0.0487 e. The van der Waals surface area contributed by atoms with E-state index in [0.717, 1.165) is 13.2 Å². The van der Waals surface area contributed by atoms with E-state index in [0.29, 0.717) is 5.54 Å². The van der Waals surface area contributed by atoms with E-state index in [-0.39, 0.29) is 0 Å². The molecule has 20 heavy (non-hydrogen) atoms. The van der Waals surface area contributed by atoms with E-state index in [1.165, 1.54) is 36.9 Å². The normalized spacial score (nSPS) is 23.6. The van der Waals surface area contributed by atoms with Gasteiger partial charge in [-0.05, 0) is 45.6 Å². The molecule has 1 N–H and O–H groups in total. The van der Waals surface area contributed by atoms with Crippen molar-refractivity contribution in [1.29, 1.82) is 0 Å². The molecule has 0 radical (unpaired) electrons. The summed E-state index contributed by atoms with van der Waals surface area (Å²) in [6.07, 6.45) is 6.00. The zero-order chi connectivity index (χ0) is 14.4. The molecule has 1 aromatic rings. The van der Waals surface area contributed by atoms with E-state index in [2.05, 4.69) is 67.4 Å². The predicted molar refractivity (Wildman–Crippen MR) is 86.5 cm³/mol. The van der Waals surface area contributed by atoms with Crippen LogP contribution in [0.1, 0.15) is 45.6 Å². The van der Waals surface area contributed by atoms with E-state index >= 15 is 0 Å². The first kappa shape index (κ1) is 15.3. The topological polar surface area (TPSA) is 15.3 Å². The van der Waals surface area contributed by atoms with E-state index in [1.54, 1.807) is 0 Å². The van der Waals surface area contributed by atoms with Gasteiger partial charge in [-0.1, -0.05) is 42.0 Å². The molecule has 110 valence electrons. The standard InChI is InChI=1S/C18H28N2/c1-16(2)8-7-11-18(3)12-13-20(15-19-18)14-17-9-5-4-6-10-17/h4-6,8-10,19H,7,11-15H2,1-3H3. The molecule has 0 amide bonds. The minimum Gasteiger partial charge on any atom is -0.299 e. The lowest BCUT2D eigenvalue weighted by molar-refractivity contribution is 0.122. The molecule has 0 saturated carbocycles. The lowest BCUT2D eigenvalue weighted by atomic mass is 9.90. The molecule has 1 saturated heterocycles. The maximum atomic E-state index is 3.74. The van der Waals surface area contributed by atoms with E-state index < -0.39 is 0 Å². The molecular formula is C18H28N2. The summed E-state index contributed by atoms with van der Waals surface area (Å²) >= 11 is 0. The molecule has 1 fully saturated rings. The van der Waals surface area contributed by atoms with Crippen molar-refractivity contribution in [3.63, 3.8) is 0 Å². The highest BCUT2D eigenvalue weighted by molar-refractivity contribution is 5.14. The Balaban J connectivity index is 1.78. The third kappa shape index (κ3) is 4.77. The van der Waals surface area contributed by atoms with Gasteiger partial charge < -0.3 is 0 Å². The van der Waals surface area contributed by atoms with Crippen molar-refractivity contribution >= 4 is 0 Å². The fraction of sp³-hybridized carbons (Fsp3) is 0.556. The van der Waals surface area contributed by atoms with E-state index in [1.807, 2.05) is 0 Å². The van der Waals surface area contributed by atoms with Crippen LogP contribution in [0.2, 0.25) is 0 Å². The van der Waals surface area contributed by atoms with Crippen molar-refractivity contribution in [2.24, 2.45) is 0 Å². The van der Waals surface area contributed by atoms with Crippen LogP contribution in [0.25, 0.3) is 0 Å². The maximum Gasteiger partial charge on any atom is 0.0487 e. The van der Waals surface area contributed by atoms with Crippen LogP contribution in [0.3, 0.4) is 0 Å². The average Bonchev–Trinajstić information content (AvgIpc) is 2.42. The summed E-state index contributed by atoms with van der Waals surface area (Å²) in [7, 11) is 0. The fourth-order valence-electron chi connectivity index (χ4n) is 2.74. The Hall–Kier alpha value is -1.12. The molecule has 0 spiro atoms. The molecule has 0 aliphatic carbocycles. The molecule has 2 nitrogen and oxygen atoms in total. The minimum atomic E-state index is 0.305. The summed E-state index contributed by atoms with van der Waals surface area (Å²) in [6.45, 7) is 9.97. The molecule has 1 aromatic carbocycles. The number of rotatable bonds is 5. The summed E-state index contributed by atoms with van der Waals surface area (Å²) in [5, 5.41) is 3.74. The van der Waals surface area contributed by atoms with Gasteiger partial charge in [0.15, 0.2) is 0 Å². The lowest BCUT2D eigenvalue weighted by Crippen LogP contribution is -2.54. The summed E-state index contributed by atoms with van der Waals surface area (Å²) in [4.78, 5) is 2.50. The summed E-state index contributed by atoms with van der Waals surface area (Å²) in [6, 6.07) is 10.7. The zero-order valence-electron chi connectivity index (χ0n) is 13.2. The highest BCUT2D eigenvalue weighted by Crippen LogP contribution is 2.22. The van der Waals surface area contributed by atoms with Crippen molar-refractivity contribution < 1.29 is 0 Å². The fourth-order valence-corrected chi connectivity index (χ4v) is 2.74. The number of nitrogens with one attached hydrogen (secondary N) is 1.